The molecule has 0 N–H and O–H groups in total. The maximum Gasteiger partial charge on any atom is 0.434 e. The van der Waals surface area contributed by atoms with Gasteiger partial charge in [0.15, 0.2) is 17.0 Å². The Morgan fingerprint density at radius 1 is 1.04 bits per heavy atom. The van der Waals surface area contributed by atoms with Gasteiger partial charge in [0.1, 0.15) is 29.3 Å². The average molecular weight is 644 g/mol. The number of halogens is 6. The normalized spacial score (nSPS) is 16.2. The summed E-state index contributed by atoms with van der Waals surface area (Å²) < 4.78 is 94.7. The third-order valence-corrected chi connectivity index (χ3v) is 7.84. The van der Waals surface area contributed by atoms with E-state index in [0.717, 1.165) is 31.4 Å². The molecule has 2 fully saturated rings. The van der Waals surface area contributed by atoms with E-state index in [9.17, 15) is 26.7 Å². The van der Waals surface area contributed by atoms with Crippen molar-refractivity contribution < 1.29 is 40.6 Å². The molecule has 1 aliphatic heterocycles. The molecule has 1 aromatic carbocycles. The van der Waals surface area contributed by atoms with E-state index in [1.54, 1.807) is 6.08 Å². The lowest BCUT2D eigenvalue weighted by molar-refractivity contribution is -0.140. The van der Waals surface area contributed by atoms with Crippen molar-refractivity contribution in [2.24, 2.45) is 4.99 Å². The zero-order chi connectivity index (χ0) is 32.3. The molecule has 0 radical (unpaired) electrons. The molecule has 0 bridgehead atoms. The van der Waals surface area contributed by atoms with E-state index in [1.807, 2.05) is 0 Å². The second kappa shape index (κ2) is 11.2. The number of hydrogen-bond acceptors (Lipinski definition) is 8. The molecule has 10 nitrogen and oxygen atoms in total. The van der Waals surface area contributed by atoms with Crippen molar-refractivity contribution in [3.8, 4) is 34.4 Å². The van der Waals surface area contributed by atoms with Crippen molar-refractivity contribution in [2.45, 2.75) is 63.3 Å². The molecule has 0 saturated heterocycles. The SMILES string of the molecule is COc1cc(Cc2nc(-c3c(OC(F)F)ncnc3C3CC3)nc3c2=CCC(=O)N=3)cc(F)c1-c1nc(C(F)(F)F)cn1C1CC1. The third kappa shape index (κ3) is 5.67. The fourth-order valence-corrected chi connectivity index (χ4v) is 5.48. The van der Waals surface area contributed by atoms with Crippen LogP contribution in [-0.2, 0) is 17.4 Å². The van der Waals surface area contributed by atoms with Crippen LogP contribution in [0.5, 0.6) is 11.6 Å². The molecule has 238 valence electrons. The standard InChI is InChI=1S/C30H23F6N7O3/c1-45-19-10-13(8-17(31)22(19)27-40-20(30(34,35)36)11-43(27)15-4-5-15)9-18-16-6-7-21(44)41-25(16)42-26(39-18)23-24(14-2-3-14)37-12-38-28(23)46-29(32)33/h6,8,10-12,14-15,29H,2-5,7,9H2,1H3. The number of alkyl halides is 5. The van der Waals surface area contributed by atoms with Gasteiger partial charge in [-0.15, -0.1) is 0 Å². The number of carbonyl (C=O) groups is 1. The lowest BCUT2D eigenvalue weighted by Crippen LogP contribution is -2.37. The number of aromatic nitrogens is 6. The quantitative estimate of drug-likeness (QED) is 0.241. The summed E-state index contributed by atoms with van der Waals surface area (Å²) in [6.45, 7) is -3.20. The van der Waals surface area contributed by atoms with Gasteiger partial charge in [0, 0.05) is 36.2 Å². The van der Waals surface area contributed by atoms with Gasteiger partial charge in [0.25, 0.3) is 5.91 Å². The number of imidazole rings is 1. The zero-order valence-electron chi connectivity index (χ0n) is 24.0. The van der Waals surface area contributed by atoms with E-state index in [1.165, 1.54) is 17.7 Å². The zero-order valence-corrected chi connectivity index (χ0v) is 24.0. The monoisotopic (exact) mass is 643 g/mol. The number of methoxy groups -OCH3 is 1. The van der Waals surface area contributed by atoms with E-state index in [4.69, 9.17) is 4.74 Å². The van der Waals surface area contributed by atoms with Crippen LogP contribution in [0.3, 0.4) is 0 Å². The van der Waals surface area contributed by atoms with E-state index in [0.29, 0.717) is 29.3 Å². The van der Waals surface area contributed by atoms with Gasteiger partial charge >= 0.3 is 12.8 Å². The number of ether oxygens (including phenoxy) is 2. The molecule has 16 heteroatoms. The number of hydrogen-bond donors (Lipinski definition) is 0. The van der Waals surface area contributed by atoms with Gasteiger partial charge in [-0.05, 0) is 43.4 Å². The lowest BCUT2D eigenvalue weighted by Gasteiger charge is -2.15. The molecule has 1 amide bonds. The number of benzene rings is 1. The topological polar surface area (TPSA) is 117 Å². The average Bonchev–Trinajstić information content (AvgIpc) is 3.94. The molecule has 0 unspecified atom stereocenters. The number of nitrogens with zero attached hydrogens (tertiary/aromatic N) is 7. The Hall–Kier alpha value is -4.89. The van der Waals surface area contributed by atoms with Gasteiger partial charge < -0.3 is 14.0 Å². The summed E-state index contributed by atoms with van der Waals surface area (Å²) >= 11 is 0. The van der Waals surface area contributed by atoms with Crippen molar-refractivity contribution in [1.29, 1.82) is 0 Å². The Balaban J connectivity index is 1.35. The molecule has 4 heterocycles. The Kier molecular flexibility index (Phi) is 7.24. The minimum Gasteiger partial charge on any atom is -0.496 e. The minimum atomic E-state index is -4.73. The number of fused-ring (bicyclic) bond motifs is 1. The van der Waals surface area contributed by atoms with Crippen LogP contribution in [0.4, 0.5) is 26.3 Å². The summed E-state index contributed by atoms with van der Waals surface area (Å²) in [4.78, 5) is 37.2. The summed E-state index contributed by atoms with van der Waals surface area (Å²) in [6.07, 6.45) is 1.47. The highest BCUT2D eigenvalue weighted by molar-refractivity contribution is 5.83. The van der Waals surface area contributed by atoms with Crippen molar-refractivity contribution in [3.63, 3.8) is 0 Å². The summed E-state index contributed by atoms with van der Waals surface area (Å²) in [5.41, 5.74) is -0.349. The Bertz CT molecular complexity index is 2010. The van der Waals surface area contributed by atoms with Gasteiger partial charge in [-0.25, -0.2) is 29.3 Å². The van der Waals surface area contributed by atoms with E-state index < -0.39 is 36.1 Å². The number of carbonyl (C=O) groups excluding carboxylic acids is 1. The van der Waals surface area contributed by atoms with Crippen LogP contribution in [0, 0.1) is 5.82 Å². The molecular formula is C30H23F6N7O3. The van der Waals surface area contributed by atoms with E-state index >= 15 is 4.39 Å². The molecule has 0 spiro atoms. The Labute approximate surface area is 255 Å². The highest BCUT2D eigenvalue weighted by Gasteiger charge is 2.39. The predicted molar refractivity (Wildman–Crippen MR) is 147 cm³/mol. The number of rotatable bonds is 9. The number of amides is 1. The maximum atomic E-state index is 15.9. The van der Waals surface area contributed by atoms with Crippen molar-refractivity contribution in [1.82, 2.24) is 29.5 Å². The van der Waals surface area contributed by atoms with Crippen LogP contribution in [0.2, 0.25) is 0 Å². The lowest BCUT2D eigenvalue weighted by atomic mass is 10.0. The van der Waals surface area contributed by atoms with E-state index in [2.05, 4.69) is 34.6 Å². The minimum absolute atomic E-state index is 0.0138. The predicted octanol–water partition coefficient (Wildman–Crippen LogP) is 4.70. The summed E-state index contributed by atoms with van der Waals surface area (Å²) in [5.74, 6) is -2.21. The highest BCUT2D eigenvalue weighted by Crippen LogP contribution is 2.46. The smallest absolute Gasteiger partial charge is 0.434 e. The fraction of sp³-hybridized carbons (Fsp3) is 0.367. The summed E-state index contributed by atoms with van der Waals surface area (Å²) in [6, 6.07) is 2.36. The van der Waals surface area contributed by atoms with Gasteiger partial charge in [-0.1, -0.05) is 6.08 Å². The molecule has 2 saturated carbocycles. The first-order valence-corrected chi connectivity index (χ1v) is 14.3. The third-order valence-electron chi connectivity index (χ3n) is 7.84. The molecule has 3 aromatic heterocycles. The largest absolute Gasteiger partial charge is 0.496 e. The van der Waals surface area contributed by atoms with Gasteiger partial charge in [-0.3, -0.25) is 4.79 Å². The molecule has 3 aliphatic rings. The second-order valence-electron chi connectivity index (χ2n) is 11.2. The molecule has 0 atom stereocenters. The van der Waals surface area contributed by atoms with Crippen molar-refractivity contribution in [2.75, 3.05) is 7.11 Å². The Morgan fingerprint density at radius 3 is 2.50 bits per heavy atom. The van der Waals surface area contributed by atoms with Crippen molar-refractivity contribution in [3.05, 3.63) is 63.8 Å². The van der Waals surface area contributed by atoms with Crippen LogP contribution in [-0.4, -0.2) is 49.1 Å². The first-order valence-electron chi connectivity index (χ1n) is 14.3. The van der Waals surface area contributed by atoms with E-state index in [-0.39, 0.29) is 64.5 Å². The summed E-state index contributed by atoms with van der Waals surface area (Å²) in [5, 5.41) is 0.382. The first-order chi connectivity index (χ1) is 22.0. The van der Waals surface area contributed by atoms with Gasteiger partial charge in [0.05, 0.1) is 24.1 Å². The molecule has 46 heavy (non-hydrogen) atoms. The van der Waals surface area contributed by atoms with Crippen LogP contribution in [0.1, 0.15) is 66.7 Å². The maximum absolute atomic E-state index is 15.9. The van der Waals surface area contributed by atoms with Crippen LogP contribution < -0.4 is 20.2 Å². The Morgan fingerprint density at radius 2 is 1.83 bits per heavy atom. The van der Waals surface area contributed by atoms with Gasteiger partial charge in [0.2, 0.25) is 5.88 Å². The summed E-state index contributed by atoms with van der Waals surface area (Å²) in [7, 11) is 1.26. The van der Waals surface area contributed by atoms with Crippen molar-refractivity contribution >= 4 is 12.0 Å². The van der Waals surface area contributed by atoms with Crippen LogP contribution in [0.15, 0.2) is 29.6 Å². The fourth-order valence-electron chi connectivity index (χ4n) is 5.48. The van der Waals surface area contributed by atoms with Crippen LogP contribution >= 0.6 is 0 Å². The molecular weight excluding hydrogens is 620 g/mol. The molecule has 4 aromatic rings. The highest BCUT2D eigenvalue weighted by atomic mass is 19.4. The first kappa shape index (κ1) is 29.8. The molecule has 2 aliphatic carbocycles. The molecule has 7 rings (SSSR count). The van der Waals surface area contributed by atoms with Crippen LogP contribution in [0.25, 0.3) is 28.9 Å². The van der Waals surface area contributed by atoms with Gasteiger partial charge in [-0.2, -0.15) is 26.9 Å². The second-order valence-corrected chi connectivity index (χ2v) is 11.2.